The topological polar surface area (TPSA) is 203 Å². The maximum atomic E-state index is 12.8. The number of nitrogens with zero attached hydrogens (tertiary/aromatic N) is 2. The van der Waals surface area contributed by atoms with Crippen molar-refractivity contribution in [3.8, 4) is 11.5 Å². The van der Waals surface area contributed by atoms with Gasteiger partial charge in [0.05, 0.1) is 5.69 Å². The number of carbonyl (C=O) groups is 3. The normalized spacial score (nSPS) is 12.6. The van der Waals surface area contributed by atoms with Crippen molar-refractivity contribution in [3.05, 3.63) is 53.6 Å². The van der Waals surface area contributed by atoms with Crippen molar-refractivity contribution in [2.45, 2.75) is 56.8 Å². The SMILES string of the molecule is CCC(c1ccc(OC(=O)N(C)C)cc1)C(CC)c1ccc(OC(=O)N(C)C)c(NC(=O)CCC(P(=O)(O)O)P(=O)(O)O)c1.[H-].[H-].[Na+].[Na+]. The largest absolute Gasteiger partial charge is 1.00 e. The number of rotatable bonds is 13. The van der Waals surface area contributed by atoms with Crippen LogP contribution in [0.5, 0.6) is 11.5 Å². The van der Waals surface area contributed by atoms with Gasteiger partial charge in [-0.25, -0.2) is 9.59 Å². The van der Waals surface area contributed by atoms with E-state index in [2.05, 4.69) is 5.32 Å². The fourth-order valence-corrected chi connectivity index (χ4v) is 7.13. The number of hydrogen-bond acceptors (Lipinski definition) is 7. The molecular weight excluding hydrogens is 662 g/mol. The minimum atomic E-state index is -5.20. The van der Waals surface area contributed by atoms with Crippen molar-refractivity contribution in [2.75, 3.05) is 33.5 Å². The van der Waals surface area contributed by atoms with Crippen LogP contribution in [0, 0.1) is 0 Å². The maximum Gasteiger partial charge on any atom is 1.00 e. The van der Waals surface area contributed by atoms with Crippen LogP contribution in [0.1, 0.15) is 65.3 Å². The molecule has 2 atom stereocenters. The summed E-state index contributed by atoms with van der Waals surface area (Å²) in [7, 11) is -4.29. The Morgan fingerprint density at radius 2 is 1.24 bits per heavy atom. The average molecular weight is 706 g/mol. The summed E-state index contributed by atoms with van der Waals surface area (Å²) < 4.78 is 34.0. The van der Waals surface area contributed by atoms with Crippen molar-refractivity contribution < 1.29 is 115 Å². The van der Waals surface area contributed by atoms with Gasteiger partial charge in [-0.15, -0.1) is 0 Å². The van der Waals surface area contributed by atoms with Gasteiger partial charge in [0.2, 0.25) is 5.91 Å². The predicted molar refractivity (Wildman–Crippen MR) is 166 cm³/mol. The second-order valence-electron chi connectivity index (χ2n) is 10.6. The monoisotopic (exact) mass is 705 g/mol. The number of anilines is 1. The van der Waals surface area contributed by atoms with E-state index in [9.17, 15) is 43.1 Å². The molecular formula is C28H43N3Na2O11P2. The molecule has 14 nitrogen and oxygen atoms in total. The number of carbonyl (C=O) groups excluding carboxylic acids is 3. The molecule has 5 N–H and O–H groups in total. The van der Waals surface area contributed by atoms with E-state index in [1.165, 1.54) is 30.0 Å². The van der Waals surface area contributed by atoms with E-state index in [-0.39, 0.29) is 85.2 Å². The number of benzene rings is 2. The summed E-state index contributed by atoms with van der Waals surface area (Å²) in [6.07, 6.45) is -1.19. The second kappa shape index (κ2) is 19.7. The molecule has 3 amide bonds. The first-order valence-electron chi connectivity index (χ1n) is 13.8. The van der Waals surface area contributed by atoms with E-state index in [1.54, 1.807) is 38.4 Å². The average Bonchev–Trinajstić information content (AvgIpc) is 2.91. The Bertz CT molecular complexity index is 1410. The first kappa shape index (κ1) is 44.8. The fraction of sp³-hybridized carbons (Fsp3) is 0.464. The van der Waals surface area contributed by atoms with Crippen LogP contribution in [0.2, 0.25) is 0 Å². The van der Waals surface area contributed by atoms with Crippen LogP contribution in [0.4, 0.5) is 15.3 Å². The second-order valence-corrected chi connectivity index (χ2v) is 14.6. The van der Waals surface area contributed by atoms with E-state index in [0.717, 1.165) is 17.5 Å². The van der Waals surface area contributed by atoms with Gasteiger partial charge in [-0.1, -0.05) is 32.0 Å². The molecule has 248 valence electrons. The van der Waals surface area contributed by atoms with Crippen molar-refractivity contribution in [2.24, 2.45) is 0 Å². The molecule has 46 heavy (non-hydrogen) atoms. The molecule has 0 aliphatic rings. The molecule has 0 saturated heterocycles. The quantitative estimate of drug-likeness (QED) is 0.128. The van der Waals surface area contributed by atoms with Crippen molar-refractivity contribution in [1.82, 2.24) is 9.80 Å². The van der Waals surface area contributed by atoms with Gasteiger partial charge in [0.1, 0.15) is 5.75 Å². The molecule has 0 fully saturated rings. The van der Waals surface area contributed by atoms with E-state index in [4.69, 9.17) is 9.47 Å². The number of hydrogen-bond donors (Lipinski definition) is 5. The molecule has 0 heterocycles. The summed E-state index contributed by atoms with van der Waals surface area (Å²) in [5.41, 5.74) is 1.88. The summed E-state index contributed by atoms with van der Waals surface area (Å²) in [6.45, 7) is 4.03. The first-order chi connectivity index (χ1) is 20.4. The Morgan fingerprint density at radius 1 is 0.783 bits per heavy atom. The van der Waals surface area contributed by atoms with Crippen molar-refractivity contribution in [3.63, 3.8) is 0 Å². The Hall–Kier alpha value is -1.25. The van der Waals surface area contributed by atoms with Crippen LogP contribution in [0.25, 0.3) is 0 Å². The van der Waals surface area contributed by atoms with E-state index >= 15 is 0 Å². The van der Waals surface area contributed by atoms with Gasteiger partial charge in [0, 0.05) is 34.6 Å². The third-order valence-electron chi connectivity index (χ3n) is 6.92. The van der Waals surface area contributed by atoms with Crippen LogP contribution in [-0.2, 0) is 13.9 Å². The molecule has 0 aliphatic carbocycles. The third-order valence-corrected chi connectivity index (χ3v) is 10.8. The molecule has 2 aromatic carbocycles. The van der Waals surface area contributed by atoms with Crippen LogP contribution in [0.3, 0.4) is 0 Å². The molecule has 2 aromatic rings. The van der Waals surface area contributed by atoms with E-state index < -0.39 is 51.5 Å². The van der Waals surface area contributed by atoms with E-state index in [0.29, 0.717) is 12.2 Å². The van der Waals surface area contributed by atoms with Gasteiger partial charge in [0.25, 0.3) is 0 Å². The Kier molecular flexibility index (Phi) is 19.1. The predicted octanol–water partition coefficient (Wildman–Crippen LogP) is -0.872. The molecule has 0 spiro atoms. The summed E-state index contributed by atoms with van der Waals surface area (Å²) in [5, 5.41) is 0.243. The summed E-state index contributed by atoms with van der Waals surface area (Å²) in [5.74, 6) is -0.452. The van der Waals surface area contributed by atoms with Gasteiger partial charge in [-0.05, 0) is 66.5 Å². The van der Waals surface area contributed by atoms with Gasteiger partial charge in [-0.3, -0.25) is 13.9 Å². The number of nitrogens with one attached hydrogen (secondary N) is 1. The molecule has 0 aromatic heterocycles. The standard InChI is InChI=1S/C28H41N3O11P2.2Na.2H/c1-7-21(18-9-12-20(13-10-18)41-27(33)30(3)4)22(8-2)19-11-14-24(42-28(34)31(5)6)23(17-19)29-25(32)15-16-26(43(35,36)37)44(38,39)40;;;;/h9-14,17,21-22,26H,7-8,15-16H2,1-6H3,(H,29,32)(H2,35,36,37)(H2,38,39,40);;;;/q;2*+1;2*-1. The molecule has 0 saturated carbocycles. The zero-order valence-corrected chi connectivity index (χ0v) is 33.3. The molecule has 2 rings (SSSR count). The molecule has 0 radical (unpaired) electrons. The van der Waals surface area contributed by atoms with E-state index in [1.807, 2.05) is 26.0 Å². The Morgan fingerprint density at radius 3 is 1.70 bits per heavy atom. The molecule has 2 unspecified atom stereocenters. The van der Waals surface area contributed by atoms with Gasteiger partial charge in [-0.2, -0.15) is 0 Å². The third kappa shape index (κ3) is 13.3. The van der Waals surface area contributed by atoms with Gasteiger partial charge in [0.15, 0.2) is 11.1 Å². The minimum Gasteiger partial charge on any atom is -1.00 e. The summed E-state index contributed by atoms with van der Waals surface area (Å²) in [6, 6.07) is 12.1. The summed E-state index contributed by atoms with van der Waals surface area (Å²) in [4.78, 5) is 77.1. The zero-order chi connectivity index (χ0) is 33.4. The maximum absolute atomic E-state index is 12.8. The van der Waals surface area contributed by atoms with Gasteiger partial charge < -0.3 is 47.0 Å². The fourth-order valence-electron chi connectivity index (χ4n) is 4.64. The summed E-state index contributed by atoms with van der Waals surface area (Å²) >= 11 is 0. The van der Waals surface area contributed by atoms with Gasteiger partial charge >= 0.3 is 86.5 Å². The first-order valence-corrected chi connectivity index (χ1v) is 17.2. The molecule has 0 aliphatic heterocycles. The van der Waals surface area contributed by atoms with Crippen LogP contribution in [-0.4, -0.2) is 81.1 Å². The van der Waals surface area contributed by atoms with Crippen LogP contribution >= 0.6 is 15.2 Å². The zero-order valence-electron chi connectivity index (χ0n) is 29.5. The van der Waals surface area contributed by atoms with Crippen molar-refractivity contribution in [1.29, 1.82) is 0 Å². The molecule has 18 heteroatoms. The molecule has 0 bridgehead atoms. The Balaban J connectivity index is -0.00000506. The minimum absolute atomic E-state index is 0. The van der Waals surface area contributed by atoms with Crippen molar-refractivity contribution >= 4 is 39.0 Å². The number of ether oxygens (including phenoxy) is 2. The van der Waals surface area contributed by atoms with Crippen LogP contribution < -0.4 is 73.9 Å². The Labute approximate surface area is 316 Å². The number of amides is 3. The smallest absolute Gasteiger partial charge is 1.00 e. The van der Waals surface area contributed by atoms with Crippen LogP contribution in [0.15, 0.2) is 42.5 Å².